The number of thiazole rings is 1. The van der Waals surface area contributed by atoms with E-state index in [-0.39, 0.29) is 11.7 Å². The molecule has 0 atom stereocenters. The number of amides is 1. The number of hydrogen-bond donors (Lipinski definition) is 1. The summed E-state index contributed by atoms with van der Waals surface area (Å²) >= 11 is 14.7. The molecule has 0 radical (unpaired) electrons. The Labute approximate surface area is 163 Å². The number of thioether (sulfide) groups is 1. The quantitative estimate of drug-likeness (QED) is 0.524. The van der Waals surface area contributed by atoms with Gasteiger partial charge >= 0.3 is 0 Å². The number of rotatable bonds is 6. The first-order chi connectivity index (χ1) is 12.0. The molecule has 8 heteroatoms. The smallest absolute Gasteiger partial charge is 0.234 e. The van der Waals surface area contributed by atoms with Crippen molar-refractivity contribution < 1.29 is 9.53 Å². The van der Waals surface area contributed by atoms with Gasteiger partial charge < -0.3 is 10.1 Å². The summed E-state index contributed by atoms with van der Waals surface area (Å²) in [5, 5.41) is 3.65. The number of nitrogens with one attached hydrogen (secondary N) is 1. The number of fused-ring (bicyclic) bond motifs is 1. The lowest BCUT2D eigenvalue weighted by atomic mass is 10.3. The molecule has 0 saturated heterocycles. The molecule has 2 aromatic carbocycles. The number of aromatic nitrogens is 1. The molecule has 0 bridgehead atoms. The summed E-state index contributed by atoms with van der Waals surface area (Å²) in [6, 6.07) is 10.8. The number of carbonyl (C=O) groups is 1. The summed E-state index contributed by atoms with van der Waals surface area (Å²) in [5.41, 5.74) is 1.52. The van der Waals surface area contributed by atoms with E-state index in [0.29, 0.717) is 22.3 Å². The Morgan fingerprint density at radius 2 is 2.08 bits per heavy atom. The van der Waals surface area contributed by atoms with Crippen molar-refractivity contribution in [3.05, 3.63) is 46.4 Å². The topological polar surface area (TPSA) is 51.2 Å². The Bertz CT molecular complexity index is 915. The van der Waals surface area contributed by atoms with Crippen LogP contribution in [0.1, 0.15) is 6.92 Å². The van der Waals surface area contributed by atoms with Crippen molar-refractivity contribution in [1.82, 2.24) is 4.98 Å². The predicted molar refractivity (Wildman–Crippen MR) is 107 cm³/mol. The summed E-state index contributed by atoms with van der Waals surface area (Å²) in [4.78, 5) is 16.6. The highest BCUT2D eigenvalue weighted by atomic mass is 35.5. The fraction of sp³-hybridized carbons (Fsp3) is 0.176. The number of anilines is 1. The van der Waals surface area contributed by atoms with E-state index < -0.39 is 0 Å². The Hall–Kier alpha value is -1.47. The Morgan fingerprint density at radius 1 is 1.24 bits per heavy atom. The summed E-state index contributed by atoms with van der Waals surface area (Å²) in [5.74, 6) is 0.962. The third kappa shape index (κ3) is 4.79. The van der Waals surface area contributed by atoms with Crippen LogP contribution in [0.3, 0.4) is 0 Å². The molecule has 3 rings (SSSR count). The lowest BCUT2D eigenvalue weighted by Gasteiger charge is -2.05. The Kier molecular flexibility index (Phi) is 6.06. The molecule has 1 N–H and O–H groups in total. The molecule has 3 aromatic rings. The van der Waals surface area contributed by atoms with Crippen LogP contribution in [-0.4, -0.2) is 23.3 Å². The van der Waals surface area contributed by atoms with Crippen molar-refractivity contribution in [2.45, 2.75) is 11.3 Å². The lowest BCUT2D eigenvalue weighted by Crippen LogP contribution is -2.13. The highest BCUT2D eigenvalue weighted by Gasteiger charge is 2.10. The van der Waals surface area contributed by atoms with E-state index in [0.717, 1.165) is 20.3 Å². The van der Waals surface area contributed by atoms with Gasteiger partial charge in [-0.3, -0.25) is 4.79 Å². The van der Waals surface area contributed by atoms with Crippen LogP contribution in [0.15, 0.2) is 40.7 Å². The molecular formula is C17H14Cl2N2O2S2. The molecule has 25 heavy (non-hydrogen) atoms. The number of ether oxygens (including phenoxy) is 1. The minimum atomic E-state index is -0.127. The lowest BCUT2D eigenvalue weighted by molar-refractivity contribution is -0.113. The fourth-order valence-electron chi connectivity index (χ4n) is 2.10. The van der Waals surface area contributed by atoms with Crippen LogP contribution in [0.25, 0.3) is 10.2 Å². The van der Waals surface area contributed by atoms with Gasteiger partial charge in [-0.2, -0.15) is 0 Å². The van der Waals surface area contributed by atoms with E-state index >= 15 is 0 Å². The highest BCUT2D eigenvalue weighted by Crippen LogP contribution is 2.32. The maximum Gasteiger partial charge on any atom is 0.234 e. The average molecular weight is 413 g/mol. The van der Waals surface area contributed by atoms with Crippen LogP contribution in [0, 0.1) is 0 Å². The van der Waals surface area contributed by atoms with Gasteiger partial charge in [-0.1, -0.05) is 35.0 Å². The first-order valence-electron chi connectivity index (χ1n) is 7.46. The van der Waals surface area contributed by atoms with Crippen molar-refractivity contribution in [1.29, 1.82) is 0 Å². The van der Waals surface area contributed by atoms with E-state index in [2.05, 4.69) is 10.3 Å². The van der Waals surface area contributed by atoms with Crippen LogP contribution >= 0.6 is 46.3 Å². The average Bonchev–Trinajstić information content (AvgIpc) is 2.99. The summed E-state index contributed by atoms with van der Waals surface area (Å²) in [6.45, 7) is 2.57. The summed E-state index contributed by atoms with van der Waals surface area (Å²) in [6.07, 6.45) is 0. The first kappa shape index (κ1) is 18.3. The van der Waals surface area contributed by atoms with Gasteiger partial charge in [0.2, 0.25) is 5.91 Å². The van der Waals surface area contributed by atoms with Crippen molar-refractivity contribution in [3.8, 4) is 5.75 Å². The van der Waals surface area contributed by atoms with Crippen molar-refractivity contribution in [2.24, 2.45) is 0 Å². The van der Waals surface area contributed by atoms with Crippen LogP contribution in [0.2, 0.25) is 10.0 Å². The second-order valence-corrected chi connectivity index (χ2v) is 8.08. The van der Waals surface area contributed by atoms with Gasteiger partial charge in [0.25, 0.3) is 0 Å². The molecule has 0 unspecified atom stereocenters. The Morgan fingerprint density at radius 3 is 2.84 bits per heavy atom. The van der Waals surface area contributed by atoms with Gasteiger partial charge in [0.1, 0.15) is 5.75 Å². The molecule has 4 nitrogen and oxygen atoms in total. The van der Waals surface area contributed by atoms with Gasteiger partial charge in [0.15, 0.2) is 4.34 Å². The standard InChI is InChI=1S/C17H14Cl2N2O2S2/c1-2-23-11-4-6-14-15(8-11)25-17(21-14)24-9-16(22)20-10-3-5-12(18)13(19)7-10/h3-8H,2,9H2,1H3,(H,20,22). The molecule has 0 spiro atoms. The molecule has 0 aliphatic carbocycles. The number of benzene rings is 2. The largest absolute Gasteiger partial charge is 0.494 e. The van der Waals surface area contributed by atoms with Crippen LogP contribution in [-0.2, 0) is 4.79 Å². The summed E-state index contributed by atoms with van der Waals surface area (Å²) in [7, 11) is 0. The predicted octanol–water partition coefficient (Wildman–Crippen LogP) is 5.73. The molecule has 1 aromatic heterocycles. The molecule has 1 amide bonds. The minimum Gasteiger partial charge on any atom is -0.494 e. The highest BCUT2D eigenvalue weighted by molar-refractivity contribution is 8.01. The van der Waals surface area contributed by atoms with Gasteiger partial charge in [-0.05, 0) is 43.3 Å². The number of halogens is 2. The van der Waals surface area contributed by atoms with Gasteiger partial charge in [0.05, 0.1) is 32.6 Å². The molecule has 0 fully saturated rings. The molecule has 0 aliphatic rings. The summed E-state index contributed by atoms with van der Waals surface area (Å²) < 4.78 is 7.37. The SMILES string of the molecule is CCOc1ccc2nc(SCC(=O)Nc3ccc(Cl)c(Cl)c3)sc2c1. The third-order valence-corrected chi connectivity index (χ3v) is 6.08. The number of nitrogens with zero attached hydrogens (tertiary/aromatic N) is 1. The van der Waals surface area contributed by atoms with Crippen molar-refractivity contribution in [3.63, 3.8) is 0 Å². The zero-order valence-electron chi connectivity index (χ0n) is 13.2. The van der Waals surface area contributed by atoms with Gasteiger partial charge in [-0.15, -0.1) is 11.3 Å². The van der Waals surface area contributed by atoms with E-state index in [1.54, 1.807) is 29.5 Å². The molecular weight excluding hydrogens is 399 g/mol. The van der Waals surface area contributed by atoms with Crippen molar-refractivity contribution >= 4 is 68.1 Å². The maximum atomic E-state index is 12.1. The van der Waals surface area contributed by atoms with E-state index in [1.807, 2.05) is 25.1 Å². The molecule has 0 saturated carbocycles. The van der Waals surface area contributed by atoms with Gasteiger partial charge in [0, 0.05) is 5.69 Å². The maximum absolute atomic E-state index is 12.1. The van der Waals surface area contributed by atoms with Crippen LogP contribution < -0.4 is 10.1 Å². The van der Waals surface area contributed by atoms with E-state index in [9.17, 15) is 4.79 Å². The van der Waals surface area contributed by atoms with Crippen LogP contribution in [0.4, 0.5) is 5.69 Å². The second kappa shape index (κ2) is 8.27. The molecule has 130 valence electrons. The van der Waals surface area contributed by atoms with E-state index in [4.69, 9.17) is 27.9 Å². The minimum absolute atomic E-state index is 0.127. The van der Waals surface area contributed by atoms with Crippen LogP contribution in [0.5, 0.6) is 5.75 Å². The van der Waals surface area contributed by atoms with E-state index in [1.165, 1.54) is 11.8 Å². The zero-order valence-corrected chi connectivity index (χ0v) is 16.4. The zero-order chi connectivity index (χ0) is 17.8. The second-order valence-electron chi connectivity index (χ2n) is 5.01. The molecule has 1 heterocycles. The van der Waals surface area contributed by atoms with Crippen molar-refractivity contribution in [2.75, 3.05) is 17.7 Å². The Balaban J connectivity index is 1.61. The normalized spacial score (nSPS) is 10.8. The fourth-order valence-corrected chi connectivity index (χ4v) is 4.30. The third-order valence-electron chi connectivity index (χ3n) is 3.18. The first-order valence-corrected chi connectivity index (χ1v) is 10.0. The number of hydrogen-bond acceptors (Lipinski definition) is 5. The number of carbonyl (C=O) groups excluding carboxylic acids is 1. The molecule has 0 aliphatic heterocycles. The monoisotopic (exact) mass is 412 g/mol. The van der Waals surface area contributed by atoms with Gasteiger partial charge in [-0.25, -0.2) is 4.98 Å².